The molecule has 2 aromatic heterocycles. The molecule has 0 aliphatic carbocycles. The number of hydrogen-bond acceptors (Lipinski definition) is 6. The van der Waals surface area contributed by atoms with Crippen molar-refractivity contribution in [2.24, 2.45) is 7.05 Å². The SMILES string of the molecule is Cn1c(C(=O)O)cc2cccc(Oc3ccnc(CCN4CCOCC4)n3)c21. The molecule has 8 nitrogen and oxygen atoms in total. The number of hydrogen-bond donors (Lipinski definition) is 1. The van der Waals surface area contributed by atoms with Crippen LogP contribution in [-0.2, 0) is 18.2 Å². The van der Waals surface area contributed by atoms with Gasteiger partial charge in [-0.05, 0) is 12.1 Å². The first-order valence-electron chi connectivity index (χ1n) is 9.23. The lowest BCUT2D eigenvalue weighted by atomic mass is 10.2. The molecule has 1 aliphatic rings. The highest BCUT2D eigenvalue weighted by Crippen LogP contribution is 2.31. The first-order valence-corrected chi connectivity index (χ1v) is 9.23. The van der Waals surface area contributed by atoms with Crippen molar-refractivity contribution in [2.45, 2.75) is 6.42 Å². The Balaban J connectivity index is 1.53. The van der Waals surface area contributed by atoms with Crippen molar-refractivity contribution in [3.8, 4) is 11.6 Å². The molecule has 0 amide bonds. The van der Waals surface area contributed by atoms with E-state index >= 15 is 0 Å². The second-order valence-electron chi connectivity index (χ2n) is 6.70. The molecular weight excluding hydrogens is 360 g/mol. The Hall–Kier alpha value is -2.97. The predicted octanol–water partition coefficient (Wildman–Crippen LogP) is 2.33. The molecule has 1 N–H and O–H groups in total. The van der Waals surface area contributed by atoms with Crippen LogP contribution in [-0.4, -0.2) is 63.4 Å². The minimum Gasteiger partial charge on any atom is -0.477 e. The molecule has 3 heterocycles. The summed E-state index contributed by atoms with van der Waals surface area (Å²) < 4.78 is 13.0. The van der Waals surface area contributed by atoms with Gasteiger partial charge in [0.2, 0.25) is 5.88 Å². The number of aromatic nitrogens is 3. The van der Waals surface area contributed by atoms with Crippen molar-refractivity contribution < 1.29 is 19.4 Å². The number of nitrogens with zero attached hydrogens (tertiary/aromatic N) is 4. The zero-order valence-electron chi connectivity index (χ0n) is 15.7. The average Bonchev–Trinajstić information content (AvgIpc) is 3.05. The molecule has 3 aromatic rings. The van der Waals surface area contributed by atoms with E-state index in [0.29, 0.717) is 23.0 Å². The minimum absolute atomic E-state index is 0.208. The molecule has 1 aromatic carbocycles. The third kappa shape index (κ3) is 3.83. The number of aryl methyl sites for hydroxylation is 1. The maximum absolute atomic E-state index is 11.4. The van der Waals surface area contributed by atoms with Gasteiger partial charge in [-0.2, -0.15) is 4.98 Å². The van der Waals surface area contributed by atoms with Crippen LogP contribution in [0.4, 0.5) is 0 Å². The summed E-state index contributed by atoms with van der Waals surface area (Å²) in [6.07, 6.45) is 2.42. The van der Waals surface area contributed by atoms with E-state index in [1.807, 2.05) is 18.2 Å². The first kappa shape index (κ1) is 18.4. The van der Waals surface area contributed by atoms with Crippen molar-refractivity contribution in [3.63, 3.8) is 0 Å². The van der Waals surface area contributed by atoms with E-state index < -0.39 is 5.97 Å². The molecule has 1 fully saturated rings. The molecule has 28 heavy (non-hydrogen) atoms. The van der Waals surface area contributed by atoms with Gasteiger partial charge in [-0.15, -0.1) is 0 Å². The third-order valence-electron chi connectivity index (χ3n) is 4.89. The Kier molecular flexibility index (Phi) is 5.23. The van der Waals surface area contributed by atoms with Gasteiger partial charge in [-0.3, -0.25) is 4.90 Å². The highest BCUT2D eigenvalue weighted by molar-refractivity contribution is 5.96. The van der Waals surface area contributed by atoms with Gasteiger partial charge in [0.05, 0.1) is 18.7 Å². The molecule has 0 unspecified atom stereocenters. The molecule has 8 heteroatoms. The Labute approximate surface area is 162 Å². The van der Waals surface area contributed by atoms with E-state index in [1.54, 1.807) is 29.9 Å². The molecule has 0 radical (unpaired) electrons. The number of ether oxygens (including phenoxy) is 2. The second-order valence-corrected chi connectivity index (χ2v) is 6.70. The highest BCUT2D eigenvalue weighted by Gasteiger charge is 2.16. The van der Waals surface area contributed by atoms with Gasteiger partial charge >= 0.3 is 5.97 Å². The molecule has 4 rings (SSSR count). The first-order chi connectivity index (χ1) is 13.6. The lowest BCUT2D eigenvalue weighted by Crippen LogP contribution is -2.37. The molecule has 0 atom stereocenters. The van der Waals surface area contributed by atoms with E-state index in [-0.39, 0.29) is 5.69 Å². The fourth-order valence-electron chi connectivity index (χ4n) is 3.42. The van der Waals surface area contributed by atoms with E-state index in [4.69, 9.17) is 9.47 Å². The Morgan fingerprint density at radius 1 is 1.29 bits per heavy atom. The maximum Gasteiger partial charge on any atom is 0.352 e. The van der Waals surface area contributed by atoms with Crippen molar-refractivity contribution in [1.29, 1.82) is 0 Å². The number of aromatic carboxylic acids is 1. The lowest BCUT2D eigenvalue weighted by Gasteiger charge is -2.26. The third-order valence-corrected chi connectivity index (χ3v) is 4.89. The highest BCUT2D eigenvalue weighted by atomic mass is 16.5. The Morgan fingerprint density at radius 3 is 2.89 bits per heavy atom. The largest absolute Gasteiger partial charge is 0.477 e. The normalized spacial score (nSPS) is 15.0. The van der Waals surface area contributed by atoms with Gasteiger partial charge < -0.3 is 19.1 Å². The van der Waals surface area contributed by atoms with E-state index in [9.17, 15) is 9.90 Å². The Bertz CT molecular complexity index is 995. The van der Waals surface area contributed by atoms with Crippen LogP contribution in [0.5, 0.6) is 11.6 Å². The van der Waals surface area contributed by atoms with Crippen LogP contribution in [0.3, 0.4) is 0 Å². The van der Waals surface area contributed by atoms with Crippen LogP contribution in [0, 0.1) is 0 Å². The van der Waals surface area contributed by atoms with Gasteiger partial charge in [0.1, 0.15) is 11.5 Å². The second kappa shape index (κ2) is 7.95. The van der Waals surface area contributed by atoms with Gasteiger partial charge in [0.25, 0.3) is 0 Å². The van der Waals surface area contributed by atoms with Crippen molar-refractivity contribution >= 4 is 16.9 Å². The summed E-state index contributed by atoms with van der Waals surface area (Å²) in [7, 11) is 1.71. The standard InChI is InChI=1S/C20H22N4O4/c1-23-15(20(25)26)13-14-3-2-4-16(19(14)23)28-18-5-7-21-17(22-18)6-8-24-9-11-27-12-10-24/h2-5,7,13H,6,8-12H2,1H3,(H,25,26). The van der Waals surface area contributed by atoms with Gasteiger partial charge in [0, 0.05) is 50.8 Å². The summed E-state index contributed by atoms with van der Waals surface area (Å²) in [6.45, 7) is 4.27. The molecule has 146 valence electrons. The van der Waals surface area contributed by atoms with Crippen LogP contribution < -0.4 is 4.74 Å². The molecule has 0 saturated carbocycles. The quantitative estimate of drug-likeness (QED) is 0.700. The molecule has 0 spiro atoms. The Morgan fingerprint density at radius 2 is 2.11 bits per heavy atom. The van der Waals surface area contributed by atoms with E-state index in [0.717, 1.165) is 44.7 Å². The van der Waals surface area contributed by atoms with Crippen LogP contribution in [0.1, 0.15) is 16.3 Å². The molecule has 1 aliphatic heterocycles. The van der Waals surface area contributed by atoms with Gasteiger partial charge in [0.15, 0.2) is 5.75 Å². The monoisotopic (exact) mass is 382 g/mol. The molecular formula is C20H22N4O4. The number of benzene rings is 1. The van der Waals surface area contributed by atoms with E-state index in [2.05, 4.69) is 14.9 Å². The molecule has 1 saturated heterocycles. The number of para-hydroxylation sites is 1. The fraction of sp³-hybridized carbons (Fsp3) is 0.350. The predicted molar refractivity (Wildman–Crippen MR) is 103 cm³/mol. The fourth-order valence-corrected chi connectivity index (χ4v) is 3.42. The van der Waals surface area contributed by atoms with Crippen molar-refractivity contribution in [3.05, 3.63) is 48.0 Å². The van der Waals surface area contributed by atoms with Gasteiger partial charge in [-0.1, -0.05) is 12.1 Å². The summed E-state index contributed by atoms with van der Waals surface area (Å²) >= 11 is 0. The van der Waals surface area contributed by atoms with E-state index in [1.165, 1.54) is 0 Å². The van der Waals surface area contributed by atoms with Crippen LogP contribution in [0.25, 0.3) is 10.9 Å². The number of rotatable bonds is 6. The van der Waals surface area contributed by atoms with Gasteiger partial charge in [-0.25, -0.2) is 9.78 Å². The number of morpholine rings is 1. The van der Waals surface area contributed by atoms with Crippen LogP contribution in [0.15, 0.2) is 36.5 Å². The maximum atomic E-state index is 11.4. The van der Waals surface area contributed by atoms with Crippen LogP contribution in [0.2, 0.25) is 0 Å². The van der Waals surface area contributed by atoms with Crippen LogP contribution >= 0.6 is 0 Å². The summed E-state index contributed by atoms with van der Waals surface area (Å²) in [4.78, 5) is 22.6. The minimum atomic E-state index is -0.975. The number of carboxylic acids is 1. The van der Waals surface area contributed by atoms with Crippen molar-refractivity contribution in [1.82, 2.24) is 19.4 Å². The topological polar surface area (TPSA) is 89.7 Å². The van der Waals surface area contributed by atoms with Crippen molar-refractivity contribution in [2.75, 3.05) is 32.8 Å². The summed E-state index contributed by atoms with van der Waals surface area (Å²) in [5.74, 6) is 0.745. The summed E-state index contributed by atoms with van der Waals surface area (Å²) in [5, 5.41) is 10.2. The average molecular weight is 382 g/mol. The number of carboxylic acid groups (broad SMARTS) is 1. The lowest BCUT2D eigenvalue weighted by molar-refractivity contribution is 0.0382. The number of fused-ring (bicyclic) bond motifs is 1. The smallest absolute Gasteiger partial charge is 0.352 e. The zero-order chi connectivity index (χ0) is 19.5. The number of carbonyl (C=O) groups is 1. The summed E-state index contributed by atoms with van der Waals surface area (Å²) in [5.41, 5.74) is 0.924. The molecule has 0 bridgehead atoms. The summed E-state index contributed by atoms with van der Waals surface area (Å²) in [6, 6.07) is 8.85. The zero-order valence-corrected chi connectivity index (χ0v) is 15.7.